The molecule has 5 nitrogen and oxygen atoms in total. The second-order valence-corrected chi connectivity index (χ2v) is 6.35. The van der Waals surface area contributed by atoms with E-state index in [1.165, 1.54) is 0 Å². The highest BCUT2D eigenvalue weighted by Crippen LogP contribution is 2.39. The molecule has 2 N–H and O–H groups in total. The minimum Gasteiger partial charge on any atom is -0.379 e. The van der Waals surface area contributed by atoms with Crippen molar-refractivity contribution >= 4 is 33.2 Å². The molecule has 0 spiro atoms. The topological polar surface area (TPSA) is 53.6 Å². The van der Waals surface area contributed by atoms with Crippen molar-refractivity contribution in [2.45, 2.75) is 25.4 Å². The van der Waals surface area contributed by atoms with Crippen LogP contribution in [0.5, 0.6) is 0 Å². The van der Waals surface area contributed by atoms with Gasteiger partial charge in [0.25, 0.3) is 0 Å². The molecule has 2 atom stereocenters. The molecule has 2 aliphatic rings. The van der Waals surface area contributed by atoms with Crippen LogP contribution in [0.15, 0.2) is 16.6 Å². The van der Waals surface area contributed by atoms with Crippen molar-refractivity contribution in [1.29, 1.82) is 0 Å². The lowest BCUT2D eigenvalue weighted by atomic mass is 10.1. The Hall–Kier alpha value is -1.11. The van der Waals surface area contributed by atoms with E-state index >= 15 is 0 Å². The Morgan fingerprint density at radius 2 is 2.33 bits per heavy atom. The second kappa shape index (κ2) is 5.94. The molecule has 0 radical (unpaired) electrons. The van der Waals surface area contributed by atoms with Crippen LogP contribution in [0.3, 0.4) is 0 Å². The third-order valence-electron chi connectivity index (χ3n) is 4.19. The van der Waals surface area contributed by atoms with E-state index in [9.17, 15) is 4.79 Å². The zero-order valence-electron chi connectivity index (χ0n) is 12.3. The first-order valence-corrected chi connectivity index (χ1v) is 8.09. The summed E-state index contributed by atoms with van der Waals surface area (Å²) in [5, 5.41) is 6.18. The predicted molar refractivity (Wildman–Crippen MR) is 86.8 cm³/mol. The van der Waals surface area contributed by atoms with Crippen LogP contribution in [-0.4, -0.2) is 38.8 Å². The molecule has 6 heteroatoms. The molecule has 1 aromatic rings. The van der Waals surface area contributed by atoms with Gasteiger partial charge in [-0.05, 0) is 41.0 Å². The normalized spacial score (nSPS) is 24.0. The number of hydrogen-bond donors (Lipinski definition) is 2. The Kier molecular flexibility index (Phi) is 4.19. The second-order valence-electron chi connectivity index (χ2n) is 5.50. The maximum atomic E-state index is 12.0. The van der Waals surface area contributed by atoms with E-state index in [0.29, 0.717) is 6.04 Å². The van der Waals surface area contributed by atoms with Gasteiger partial charge in [-0.1, -0.05) is 6.92 Å². The molecule has 2 unspecified atom stereocenters. The monoisotopic (exact) mass is 353 g/mol. The van der Waals surface area contributed by atoms with E-state index in [1.54, 1.807) is 0 Å². The van der Waals surface area contributed by atoms with Crippen LogP contribution in [0.4, 0.5) is 11.4 Å². The van der Waals surface area contributed by atoms with Crippen LogP contribution >= 0.6 is 15.9 Å². The highest BCUT2D eigenvalue weighted by atomic mass is 79.9. The van der Waals surface area contributed by atoms with E-state index in [1.807, 2.05) is 19.1 Å². The largest absolute Gasteiger partial charge is 0.379 e. The van der Waals surface area contributed by atoms with Gasteiger partial charge in [-0.3, -0.25) is 4.79 Å². The average Bonchev–Trinajstić information content (AvgIpc) is 3.08. The number of hydrogen-bond acceptors (Lipinski definition) is 4. The first-order chi connectivity index (χ1) is 10.1. The molecular weight excluding hydrogens is 334 g/mol. The third-order valence-corrected chi connectivity index (χ3v) is 4.83. The van der Waals surface area contributed by atoms with Crippen LogP contribution in [0.2, 0.25) is 0 Å². The summed E-state index contributed by atoms with van der Waals surface area (Å²) in [4.78, 5) is 14.3. The Bertz CT molecular complexity index is 558. The van der Waals surface area contributed by atoms with Crippen molar-refractivity contribution in [3.05, 3.63) is 22.2 Å². The first-order valence-electron chi connectivity index (χ1n) is 7.30. The number of rotatable bonds is 4. The summed E-state index contributed by atoms with van der Waals surface area (Å²) in [7, 11) is 2.07. The van der Waals surface area contributed by atoms with Gasteiger partial charge in [-0.25, -0.2) is 0 Å². The molecule has 1 fully saturated rings. The predicted octanol–water partition coefficient (Wildman–Crippen LogP) is 2.28. The summed E-state index contributed by atoms with van der Waals surface area (Å²) in [6.45, 7) is 4.34. The number of fused-ring (bicyclic) bond motifs is 1. The number of carbonyl (C=O) groups is 1. The minimum absolute atomic E-state index is 0.0164. The maximum absolute atomic E-state index is 12.0. The molecule has 0 aromatic heterocycles. The van der Waals surface area contributed by atoms with Gasteiger partial charge in [0.05, 0.1) is 18.3 Å². The van der Waals surface area contributed by atoms with E-state index in [0.717, 1.165) is 47.6 Å². The van der Waals surface area contributed by atoms with Crippen molar-refractivity contribution in [3.63, 3.8) is 0 Å². The van der Waals surface area contributed by atoms with Crippen LogP contribution < -0.4 is 15.5 Å². The van der Waals surface area contributed by atoms with Gasteiger partial charge < -0.3 is 20.3 Å². The van der Waals surface area contributed by atoms with Crippen LogP contribution in [0.1, 0.15) is 24.9 Å². The summed E-state index contributed by atoms with van der Waals surface area (Å²) < 4.78 is 6.47. The summed E-state index contributed by atoms with van der Waals surface area (Å²) in [5.41, 5.74) is 2.99. The number of nitrogens with zero attached hydrogens (tertiary/aromatic N) is 1. The molecule has 2 heterocycles. The van der Waals surface area contributed by atoms with Gasteiger partial charge in [0, 0.05) is 29.4 Å². The lowest BCUT2D eigenvalue weighted by Gasteiger charge is -2.27. The molecule has 21 heavy (non-hydrogen) atoms. The fourth-order valence-corrected chi connectivity index (χ4v) is 3.61. The van der Waals surface area contributed by atoms with Gasteiger partial charge in [0.15, 0.2) is 0 Å². The Morgan fingerprint density at radius 1 is 1.52 bits per heavy atom. The Balaban J connectivity index is 1.92. The number of halogens is 1. The molecule has 3 rings (SSSR count). The first kappa shape index (κ1) is 14.8. The van der Waals surface area contributed by atoms with Crippen molar-refractivity contribution in [1.82, 2.24) is 5.32 Å². The number of ether oxygens (including phenoxy) is 1. The maximum Gasteiger partial charge on any atom is 0.246 e. The standard InChI is InChI=1S/C15H20BrN3O2/c1-3-17-14-10-6-11(16)13(7-12(10)18-15(14)20)19(2)9-4-5-21-8-9/h6-7,9,14,17H,3-5,8H2,1-2H3,(H,18,20). The van der Waals surface area contributed by atoms with Gasteiger partial charge in [0.2, 0.25) is 5.91 Å². The summed E-state index contributed by atoms with van der Waals surface area (Å²) in [6, 6.07) is 4.23. The third kappa shape index (κ3) is 2.67. The lowest BCUT2D eigenvalue weighted by Crippen LogP contribution is -2.32. The molecule has 1 amide bonds. The number of benzene rings is 1. The minimum atomic E-state index is -0.254. The summed E-state index contributed by atoms with van der Waals surface area (Å²) >= 11 is 3.65. The quantitative estimate of drug-likeness (QED) is 0.871. The molecule has 0 bridgehead atoms. The van der Waals surface area contributed by atoms with Crippen molar-refractivity contribution < 1.29 is 9.53 Å². The zero-order chi connectivity index (χ0) is 15.0. The van der Waals surface area contributed by atoms with Gasteiger partial charge >= 0.3 is 0 Å². The van der Waals surface area contributed by atoms with Crippen LogP contribution in [-0.2, 0) is 9.53 Å². The summed E-state index contributed by atoms with van der Waals surface area (Å²) in [6.07, 6.45) is 1.03. The molecule has 114 valence electrons. The number of amides is 1. The Labute approximate surface area is 133 Å². The molecule has 0 aliphatic carbocycles. The molecular formula is C15H20BrN3O2. The van der Waals surface area contributed by atoms with Crippen LogP contribution in [0, 0.1) is 0 Å². The zero-order valence-corrected chi connectivity index (χ0v) is 13.9. The lowest BCUT2D eigenvalue weighted by molar-refractivity contribution is -0.117. The number of nitrogens with one attached hydrogen (secondary N) is 2. The Morgan fingerprint density at radius 3 is 3.00 bits per heavy atom. The van der Waals surface area contributed by atoms with E-state index < -0.39 is 0 Å². The number of anilines is 2. The van der Waals surface area contributed by atoms with Gasteiger partial charge in [-0.2, -0.15) is 0 Å². The number of likely N-dealkylation sites (N-methyl/N-ethyl adjacent to an activating group) is 2. The molecule has 1 saturated heterocycles. The highest BCUT2D eigenvalue weighted by molar-refractivity contribution is 9.10. The molecule has 2 aliphatic heterocycles. The van der Waals surface area contributed by atoms with Crippen molar-refractivity contribution in [2.24, 2.45) is 0 Å². The molecule has 0 saturated carbocycles. The van der Waals surface area contributed by atoms with Crippen LogP contribution in [0.25, 0.3) is 0 Å². The van der Waals surface area contributed by atoms with Gasteiger partial charge in [0.1, 0.15) is 6.04 Å². The van der Waals surface area contributed by atoms with E-state index in [4.69, 9.17) is 4.74 Å². The fourth-order valence-electron chi connectivity index (χ4n) is 2.97. The SMILES string of the molecule is CCNC1C(=O)Nc2cc(N(C)C3CCOC3)c(Br)cc21. The van der Waals surface area contributed by atoms with Crippen molar-refractivity contribution in [3.8, 4) is 0 Å². The van der Waals surface area contributed by atoms with E-state index in [-0.39, 0.29) is 11.9 Å². The molecule has 1 aromatic carbocycles. The fraction of sp³-hybridized carbons (Fsp3) is 0.533. The smallest absolute Gasteiger partial charge is 0.246 e. The van der Waals surface area contributed by atoms with E-state index in [2.05, 4.69) is 38.5 Å². The van der Waals surface area contributed by atoms with Crippen molar-refractivity contribution in [2.75, 3.05) is 37.0 Å². The summed E-state index contributed by atoms with van der Waals surface area (Å²) in [5.74, 6) is 0.0164. The average molecular weight is 354 g/mol. The number of carbonyl (C=O) groups excluding carboxylic acids is 1. The van der Waals surface area contributed by atoms with Gasteiger partial charge in [-0.15, -0.1) is 0 Å². The highest BCUT2D eigenvalue weighted by Gasteiger charge is 2.32.